The van der Waals surface area contributed by atoms with Gasteiger partial charge in [0.25, 0.3) is 0 Å². The Kier molecular flexibility index (Phi) is 5.59. The predicted molar refractivity (Wildman–Crippen MR) is 61.6 cm³/mol. The topological polar surface area (TPSA) is 43.4 Å². The first-order valence-corrected chi connectivity index (χ1v) is 5.59. The predicted octanol–water partition coefficient (Wildman–Crippen LogP) is 2.07. The van der Waals surface area contributed by atoms with E-state index in [2.05, 4.69) is 27.8 Å². The van der Waals surface area contributed by atoms with Crippen molar-refractivity contribution < 1.29 is 14.3 Å². The molecule has 0 saturated carbocycles. The smallest absolute Gasteiger partial charge is 0.329 e. The minimum Gasteiger partial charge on any atom is -0.459 e. The van der Waals surface area contributed by atoms with Gasteiger partial charge in [0.2, 0.25) is 5.78 Å². The first-order chi connectivity index (χ1) is 6.78. The standard InChI is InChI=1S/C11H15BrO3/c1-5-6-7-8(13)9(12)10(14)15-11(2,3)4/h9H,5H2,1-4H3. The molecule has 0 aliphatic carbocycles. The van der Waals surface area contributed by atoms with Gasteiger partial charge in [-0.05, 0) is 26.7 Å². The largest absolute Gasteiger partial charge is 0.459 e. The van der Waals surface area contributed by atoms with Crippen molar-refractivity contribution in [2.45, 2.75) is 44.5 Å². The third-order valence-electron chi connectivity index (χ3n) is 1.23. The summed E-state index contributed by atoms with van der Waals surface area (Å²) in [7, 11) is 0. The lowest BCUT2D eigenvalue weighted by atomic mass is 10.2. The lowest BCUT2D eigenvalue weighted by Crippen LogP contribution is -2.32. The normalized spacial score (nSPS) is 12.3. The molecule has 0 aromatic heterocycles. The molecule has 4 heteroatoms. The third kappa shape index (κ3) is 6.29. The van der Waals surface area contributed by atoms with Gasteiger partial charge in [-0.3, -0.25) is 9.59 Å². The minimum absolute atomic E-state index is 0.467. The second-order valence-corrected chi connectivity index (χ2v) is 4.83. The Morgan fingerprint density at radius 1 is 1.40 bits per heavy atom. The Labute approximate surface area is 98.7 Å². The number of rotatable bonds is 2. The van der Waals surface area contributed by atoms with E-state index in [1.54, 1.807) is 20.8 Å². The molecule has 15 heavy (non-hydrogen) atoms. The van der Waals surface area contributed by atoms with E-state index >= 15 is 0 Å². The number of halogens is 1. The monoisotopic (exact) mass is 274 g/mol. The van der Waals surface area contributed by atoms with Crippen molar-refractivity contribution in [3.63, 3.8) is 0 Å². The second kappa shape index (κ2) is 5.92. The summed E-state index contributed by atoms with van der Waals surface area (Å²) in [6, 6.07) is 0. The van der Waals surface area contributed by atoms with Crippen LogP contribution in [0.3, 0.4) is 0 Å². The lowest BCUT2D eigenvalue weighted by Gasteiger charge is -2.20. The zero-order valence-corrected chi connectivity index (χ0v) is 11.0. The highest BCUT2D eigenvalue weighted by Crippen LogP contribution is 2.12. The molecule has 0 N–H and O–H groups in total. The van der Waals surface area contributed by atoms with Crippen LogP contribution in [0.2, 0.25) is 0 Å². The van der Waals surface area contributed by atoms with Gasteiger partial charge in [0, 0.05) is 6.42 Å². The fourth-order valence-corrected chi connectivity index (χ4v) is 0.907. The van der Waals surface area contributed by atoms with Crippen molar-refractivity contribution in [2.24, 2.45) is 0 Å². The van der Waals surface area contributed by atoms with Gasteiger partial charge >= 0.3 is 5.97 Å². The van der Waals surface area contributed by atoms with Crippen molar-refractivity contribution in [1.82, 2.24) is 0 Å². The molecule has 3 nitrogen and oxygen atoms in total. The van der Waals surface area contributed by atoms with Gasteiger partial charge in [0.05, 0.1) is 0 Å². The molecular formula is C11H15BrO3. The van der Waals surface area contributed by atoms with Crippen molar-refractivity contribution in [1.29, 1.82) is 0 Å². The van der Waals surface area contributed by atoms with Gasteiger partial charge in [-0.2, -0.15) is 0 Å². The maximum atomic E-state index is 11.4. The van der Waals surface area contributed by atoms with Gasteiger partial charge in [-0.15, -0.1) is 0 Å². The van der Waals surface area contributed by atoms with Crippen LogP contribution in [0.4, 0.5) is 0 Å². The average molecular weight is 275 g/mol. The average Bonchev–Trinajstić information content (AvgIpc) is 2.10. The minimum atomic E-state index is -0.990. The van der Waals surface area contributed by atoms with Crippen LogP contribution in [-0.2, 0) is 14.3 Å². The summed E-state index contributed by atoms with van der Waals surface area (Å²) in [5.41, 5.74) is -0.596. The van der Waals surface area contributed by atoms with Crippen molar-refractivity contribution in [2.75, 3.05) is 0 Å². The maximum Gasteiger partial charge on any atom is 0.329 e. The van der Waals surface area contributed by atoms with Crippen LogP contribution in [0.5, 0.6) is 0 Å². The number of ether oxygens (including phenoxy) is 1. The van der Waals surface area contributed by atoms with Crippen LogP contribution < -0.4 is 0 Å². The van der Waals surface area contributed by atoms with E-state index in [-0.39, 0.29) is 0 Å². The molecule has 0 fully saturated rings. The van der Waals surface area contributed by atoms with Gasteiger partial charge in [0.1, 0.15) is 5.60 Å². The molecule has 0 heterocycles. The maximum absolute atomic E-state index is 11.4. The van der Waals surface area contributed by atoms with Crippen LogP contribution in [0.1, 0.15) is 34.1 Å². The highest BCUT2D eigenvalue weighted by molar-refractivity contribution is 9.10. The Hall–Kier alpha value is -0.820. The van der Waals surface area contributed by atoms with Crippen molar-refractivity contribution in [3.05, 3.63) is 0 Å². The fourth-order valence-electron chi connectivity index (χ4n) is 0.699. The Balaban J connectivity index is 4.39. The Morgan fingerprint density at radius 2 is 1.93 bits per heavy atom. The van der Waals surface area contributed by atoms with E-state index in [9.17, 15) is 9.59 Å². The van der Waals surface area contributed by atoms with Crippen LogP contribution in [0.15, 0.2) is 0 Å². The number of carbonyl (C=O) groups excluding carboxylic acids is 2. The van der Waals surface area contributed by atoms with E-state index in [0.717, 1.165) is 0 Å². The first kappa shape index (κ1) is 14.2. The van der Waals surface area contributed by atoms with Crippen molar-refractivity contribution in [3.8, 4) is 11.8 Å². The van der Waals surface area contributed by atoms with E-state index in [1.165, 1.54) is 0 Å². The van der Waals surface area contributed by atoms with E-state index < -0.39 is 22.2 Å². The summed E-state index contributed by atoms with van der Waals surface area (Å²) in [5.74, 6) is 3.91. The molecule has 0 aromatic carbocycles. The van der Waals surface area contributed by atoms with E-state index in [4.69, 9.17) is 4.74 Å². The zero-order valence-electron chi connectivity index (χ0n) is 9.39. The summed E-state index contributed by atoms with van der Waals surface area (Å²) in [5, 5.41) is 0. The summed E-state index contributed by atoms with van der Waals surface area (Å²) >= 11 is 2.96. The molecule has 0 amide bonds. The molecule has 0 saturated heterocycles. The molecule has 0 aliphatic heterocycles. The zero-order chi connectivity index (χ0) is 12.1. The van der Waals surface area contributed by atoms with E-state index in [1.807, 2.05) is 6.92 Å². The third-order valence-corrected chi connectivity index (χ3v) is 2.02. The SMILES string of the molecule is CCC#CC(=O)C(Br)C(=O)OC(C)(C)C. The molecule has 0 bridgehead atoms. The number of Topliss-reactive ketones (excluding diaryl/α,β-unsaturated/α-hetero) is 1. The number of hydrogen-bond donors (Lipinski definition) is 0. The van der Waals surface area contributed by atoms with Gasteiger partial charge in [0.15, 0.2) is 4.83 Å². The summed E-state index contributed by atoms with van der Waals surface area (Å²) in [4.78, 5) is 21.7. The van der Waals surface area contributed by atoms with Gasteiger partial charge < -0.3 is 4.74 Å². The highest BCUT2D eigenvalue weighted by Gasteiger charge is 2.27. The van der Waals surface area contributed by atoms with E-state index in [0.29, 0.717) is 6.42 Å². The molecule has 84 valence electrons. The fraction of sp³-hybridized carbons (Fsp3) is 0.636. The summed E-state index contributed by atoms with van der Waals surface area (Å²) in [6.45, 7) is 7.06. The Bertz CT molecular complexity index is 304. The molecule has 1 atom stereocenters. The van der Waals surface area contributed by atoms with Crippen LogP contribution >= 0.6 is 15.9 Å². The second-order valence-electron chi connectivity index (χ2n) is 3.92. The van der Waals surface area contributed by atoms with Crippen LogP contribution in [0, 0.1) is 11.8 Å². The lowest BCUT2D eigenvalue weighted by molar-refractivity contribution is -0.154. The molecular weight excluding hydrogens is 260 g/mol. The summed E-state index contributed by atoms with van der Waals surface area (Å²) < 4.78 is 5.03. The summed E-state index contributed by atoms with van der Waals surface area (Å²) in [6.07, 6.45) is 0.583. The van der Waals surface area contributed by atoms with Crippen LogP contribution in [0.25, 0.3) is 0 Å². The van der Waals surface area contributed by atoms with Crippen molar-refractivity contribution >= 4 is 27.7 Å². The Morgan fingerprint density at radius 3 is 2.33 bits per heavy atom. The molecule has 0 aromatic rings. The quantitative estimate of drug-likeness (QED) is 0.255. The number of ketones is 1. The molecule has 0 spiro atoms. The van der Waals surface area contributed by atoms with Gasteiger partial charge in [-0.1, -0.05) is 28.8 Å². The highest BCUT2D eigenvalue weighted by atomic mass is 79.9. The molecule has 0 aliphatic rings. The first-order valence-electron chi connectivity index (χ1n) is 4.67. The van der Waals surface area contributed by atoms with Gasteiger partial charge in [-0.25, -0.2) is 0 Å². The molecule has 0 radical (unpaired) electrons. The number of hydrogen-bond acceptors (Lipinski definition) is 3. The van der Waals surface area contributed by atoms with Crippen LogP contribution in [-0.4, -0.2) is 22.2 Å². The number of esters is 1. The number of carbonyl (C=O) groups is 2. The molecule has 1 unspecified atom stereocenters. The molecule has 0 rings (SSSR count). The number of alkyl halides is 1.